The normalized spacial score (nSPS) is 12.7. The van der Waals surface area contributed by atoms with Gasteiger partial charge in [-0.2, -0.15) is 10.2 Å². The number of hydrogen-bond acceptors (Lipinski definition) is 3. The molecule has 0 saturated carbocycles. The molecule has 1 unspecified atom stereocenters. The summed E-state index contributed by atoms with van der Waals surface area (Å²) in [5.41, 5.74) is 1.45. The molecule has 108 valence electrons. The number of nitrogens with zero attached hydrogens (tertiary/aromatic N) is 4. The molecule has 0 radical (unpaired) electrons. The fraction of sp³-hybridized carbons (Fsp3) is 0.500. The molecule has 0 bridgehead atoms. The second kappa shape index (κ2) is 5.90. The Morgan fingerprint density at radius 3 is 2.70 bits per heavy atom. The largest absolute Gasteiger partial charge is 0.344 e. The Labute approximate surface area is 118 Å². The van der Waals surface area contributed by atoms with Crippen LogP contribution in [-0.4, -0.2) is 25.5 Å². The number of nitrogens with one attached hydrogen (secondary N) is 1. The molecule has 0 spiro atoms. The maximum Gasteiger partial charge on any atom is 0.272 e. The molecule has 1 amide bonds. The van der Waals surface area contributed by atoms with Crippen LogP contribution in [0, 0.1) is 0 Å². The number of hydrogen-bond donors (Lipinski definition) is 1. The lowest BCUT2D eigenvalue weighted by Crippen LogP contribution is -2.28. The van der Waals surface area contributed by atoms with Gasteiger partial charge in [0, 0.05) is 31.0 Å². The highest BCUT2D eigenvalue weighted by Gasteiger charge is 2.17. The minimum absolute atomic E-state index is 0.0413. The molecule has 0 saturated heterocycles. The molecule has 20 heavy (non-hydrogen) atoms. The second-order valence-corrected chi connectivity index (χ2v) is 5.16. The van der Waals surface area contributed by atoms with Crippen molar-refractivity contribution in [1.82, 2.24) is 24.9 Å². The fourth-order valence-electron chi connectivity index (χ4n) is 2.02. The van der Waals surface area contributed by atoms with Gasteiger partial charge in [-0.15, -0.1) is 0 Å². The van der Waals surface area contributed by atoms with Gasteiger partial charge < -0.3 is 5.32 Å². The lowest BCUT2D eigenvalue weighted by Gasteiger charge is -2.14. The predicted octanol–water partition coefficient (Wildman–Crippen LogP) is 2.08. The van der Waals surface area contributed by atoms with Crippen LogP contribution in [0.25, 0.3) is 0 Å². The van der Waals surface area contributed by atoms with Gasteiger partial charge in [-0.3, -0.25) is 14.2 Å². The van der Waals surface area contributed by atoms with Crippen LogP contribution in [0.4, 0.5) is 0 Å². The van der Waals surface area contributed by atoms with Crippen molar-refractivity contribution in [2.24, 2.45) is 7.05 Å². The van der Waals surface area contributed by atoms with Crippen LogP contribution in [0.3, 0.4) is 0 Å². The summed E-state index contributed by atoms with van der Waals surface area (Å²) in [4.78, 5) is 12.2. The van der Waals surface area contributed by atoms with Crippen LogP contribution in [0.15, 0.2) is 24.7 Å². The summed E-state index contributed by atoms with van der Waals surface area (Å²) >= 11 is 0. The Kier molecular flexibility index (Phi) is 4.22. The third kappa shape index (κ3) is 3.07. The molecule has 0 fully saturated rings. The average Bonchev–Trinajstić information content (AvgIpc) is 3.04. The van der Waals surface area contributed by atoms with Gasteiger partial charge in [-0.05, 0) is 26.3 Å². The maximum absolute atomic E-state index is 12.2. The summed E-state index contributed by atoms with van der Waals surface area (Å²) in [5, 5.41) is 11.4. The number of aromatic nitrogens is 4. The van der Waals surface area contributed by atoms with Gasteiger partial charge in [-0.25, -0.2) is 0 Å². The van der Waals surface area contributed by atoms with E-state index in [-0.39, 0.29) is 18.0 Å². The van der Waals surface area contributed by atoms with Crippen molar-refractivity contribution in [3.05, 3.63) is 35.9 Å². The summed E-state index contributed by atoms with van der Waals surface area (Å²) in [5.74, 6) is -0.153. The maximum atomic E-state index is 12.2. The fourth-order valence-corrected chi connectivity index (χ4v) is 2.02. The number of aryl methyl sites for hydroxylation is 1. The first-order chi connectivity index (χ1) is 9.51. The molecule has 2 aromatic rings. The van der Waals surface area contributed by atoms with E-state index in [1.165, 1.54) is 0 Å². The first-order valence-corrected chi connectivity index (χ1v) is 6.85. The molecule has 2 rings (SSSR count). The molecule has 6 nitrogen and oxygen atoms in total. The van der Waals surface area contributed by atoms with E-state index in [0.29, 0.717) is 5.69 Å². The van der Waals surface area contributed by atoms with Crippen molar-refractivity contribution in [2.75, 3.05) is 0 Å². The average molecular weight is 275 g/mol. The number of carbonyl (C=O) groups is 1. The Balaban J connectivity index is 2.08. The zero-order valence-corrected chi connectivity index (χ0v) is 12.4. The van der Waals surface area contributed by atoms with E-state index in [1.807, 2.05) is 40.2 Å². The molecular formula is C14H21N5O. The van der Waals surface area contributed by atoms with E-state index in [4.69, 9.17) is 0 Å². The van der Waals surface area contributed by atoms with Gasteiger partial charge in [0.05, 0.1) is 12.2 Å². The summed E-state index contributed by atoms with van der Waals surface area (Å²) in [6, 6.07) is 1.95. The molecule has 2 aromatic heterocycles. The highest BCUT2D eigenvalue weighted by Crippen LogP contribution is 2.16. The first kappa shape index (κ1) is 14.3. The zero-order valence-electron chi connectivity index (χ0n) is 12.4. The number of rotatable bonds is 5. The van der Waals surface area contributed by atoms with Crippen molar-refractivity contribution in [1.29, 1.82) is 0 Å². The zero-order chi connectivity index (χ0) is 14.7. The van der Waals surface area contributed by atoms with Crippen LogP contribution >= 0.6 is 0 Å². The van der Waals surface area contributed by atoms with Crippen molar-refractivity contribution < 1.29 is 4.79 Å². The first-order valence-electron chi connectivity index (χ1n) is 6.85. The van der Waals surface area contributed by atoms with Crippen LogP contribution in [0.1, 0.15) is 55.3 Å². The molecule has 1 N–H and O–H groups in total. The van der Waals surface area contributed by atoms with Crippen LogP contribution in [-0.2, 0) is 7.05 Å². The minimum atomic E-state index is -0.153. The van der Waals surface area contributed by atoms with E-state index in [0.717, 1.165) is 12.0 Å². The van der Waals surface area contributed by atoms with Crippen LogP contribution in [0.2, 0.25) is 0 Å². The second-order valence-electron chi connectivity index (χ2n) is 5.16. The smallest absolute Gasteiger partial charge is 0.272 e. The Bertz CT molecular complexity index is 584. The standard InChI is InChI=1S/C14H21N5O/c1-5-12(11-8-15-18(4)9-11)16-14(20)13-6-7-19(17-13)10(2)3/h6-10,12H,5H2,1-4H3,(H,16,20). The summed E-state index contributed by atoms with van der Waals surface area (Å²) in [6.07, 6.45) is 6.33. The van der Waals surface area contributed by atoms with E-state index in [2.05, 4.69) is 15.5 Å². The SMILES string of the molecule is CCC(NC(=O)c1ccn(C(C)C)n1)c1cnn(C)c1. The third-order valence-corrected chi connectivity index (χ3v) is 3.21. The Morgan fingerprint density at radius 2 is 2.20 bits per heavy atom. The highest BCUT2D eigenvalue weighted by atomic mass is 16.2. The number of amides is 1. The Hall–Kier alpha value is -2.11. The van der Waals surface area contributed by atoms with E-state index in [9.17, 15) is 4.79 Å². The van der Waals surface area contributed by atoms with Gasteiger partial charge in [0.25, 0.3) is 5.91 Å². The van der Waals surface area contributed by atoms with Gasteiger partial charge in [0.2, 0.25) is 0 Å². The molecule has 0 aromatic carbocycles. The predicted molar refractivity (Wildman–Crippen MR) is 76.3 cm³/mol. The topological polar surface area (TPSA) is 64.7 Å². The highest BCUT2D eigenvalue weighted by molar-refractivity contribution is 5.92. The minimum Gasteiger partial charge on any atom is -0.344 e. The molecule has 0 aliphatic rings. The summed E-state index contributed by atoms with van der Waals surface area (Å²) in [7, 11) is 1.86. The monoisotopic (exact) mass is 275 g/mol. The van der Waals surface area contributed by atoms with Crippen molar-refractivity contribution in [2.45, 2.75) is 39.3 Å². The van der Waals surface area contributed by atoms with Gasteiger partial charge in [0.15, 0.2) is 0 Å². The molecular weight excluding hydrogens is 254 g/mol. The summed E-state index contributed by atoms with van der Waals surface area (Å²) in [6.45, 7) is 6.09. The molecule has 6 heteroatoms. The van der Waals surface area contributed by atoms with E-state index >= 15 is 0 Å². The van der Waals surface area contributed by atoms with E-state index in [1.54, 1.807) is 21.6 Å². The van der Waals surface area contributed by atoms with Gasteiger partial charge >= 0.3 is 0 Å². The summed E-state index contributed by atoms with van der Waals surface area (Å²) < 4.78 is 3.51. The lowest BCUT2D eigenvalue weighted by atomic mass is 10.1. The quantitative estimate of drug-likeness (QED) is 0.908. The van der Waals surface area contributed by atoms with Crippen molar-refractivity contribution in [3.8, 4) is 0 Å². The van der Waals surface area contributed by atoms with Gasteiger partial charge in [0.1, 0.15) is 5.69 Å². The van der Waals surface area contributed by atoms with Crippen LogP contribution < -0.4 is 5.32 Å². The molecule has 2 heterocycles. The molecule has 0 aliphatic carbocycles. The molecule has 0 aliphatic heterocycles. The molecule has 1 atom stereocenters. The Morgan fingerprint density at radius 1 is 1.45 bits per heavy atom. The lowest BCUT2D eigenvalue weighted by molar-refractivity contribution is 0.0929. The van der Waals surface area contributed by atoms with Crippen LogP contribution in [0.5, 0.6) is 0 Å². The van der Waals surface area contributed by atoms with Crippen molar-refractivity contribution >= 4 is 5.91 Å². The van der Waals surface area contributed by atoms with E-state index < -0.39 is 0 Å². The van der Waals surface area contributed by atoms with Crippen molar-refractivity contribution in [3.63, 3.8) is 0 Å². The number of carbonyl (C=O) groups excluding carboxylic acids is 1. The third-order valence-electron chi connectivity index (χ3n) is 3.21. The van der Waals surface area contributed by atoms with Gasteiger partial charge in [-0.1, -0.05) is 6.92 Å².